The van der Waals surface area contributed by atoms with Crippen molar-refractivity contribution in [1.29, 1.82) is 0 Å². The molecular weight excluding hydrogens is 502 g/mol. The van der Waals surface area contributed by atoms with E-state index in [1.807, 2.05) is 31.2 Å². The standard InChI is InChI=1S/C26H28ClN3O5S/c1-17-14-21(27)9-10-22(17)23(15-24(29-33)20-8-11-25(31)30(2)16-20)18-4-6-19(7-5-18)26(32)28-12-13-36(3,34)35/h4-11,14,16,23-24H,12-13,15H2,1-3H3,(H,28,32). The van der Waals surface area contributed by atoms with Crippen molar-refractivity contribution in [3.63, 3.8) is 0 Å². The van der Waals surface area contributed by atoms with E-state index < -0.39 is 15.9 Å². The quantitative estimate of drug-likeness (QED) is 0.396. The molecule has 1 heterocycles. The third-order valence-corrected chi connectivity index (χ3v) is 7.20. The number of aromatic nitrogens is 1. The number of pyridine rings is 1. The molecule has 2 unspecified atom stereocenters. The molecule has 190 valence electrons. The van der Waals surface area contributed by atoms with E-state index in [1.165, 1.54) is 10.6 Å². The largest absolute Gasteiger partial charge is 0.351 e. The fourth-order valence-electron chi connectivity index (χ4n) is 4.07. The lowest BCUT2D eigenvalue weighted by Gasteiger charge is -2.23. The molecular formula is C26H28ClN3O5S. The smallest absolute Gasteiger partial charge is 0.251 e. The van der Waals surface area contributed by atoms with Crippen LogP contribution in [0.3, 0.4) is 0 Å². The number of nitroso groups, excluding NO2 is 1. The van der Waals surface area contributed by atoms with Gasteiger partial charge in [-0.3, -0.25) is 9.59 Å². The molecule has 0 saturated heterocycles. The minimum atomic E-state index is -3.18. The second-order valence-corrected chi connectivity index (χ2v) is 11.5. The molecule has 0 aliphatic rings. The zero-order valence-corrected chi connectivity index (χ0v) is 21.8. The Morgan fingerprint density at radius 1 is 1.08 bits per heavy atom. The van der Waals surface area contributed by atoms with Crippen LogP contribution in [0.25, 0.3) is 0 Å². The van der Waals surface area contributed by atoms with Crippen molar-refractivity contribution in [2.75, 3.05) is 18.6 Å². The van der Waals surface area contributed by atoms with Crippen LogP contribution in [0.15, 0.2) is 70.8 Å². The number of hydrogen-bond acceptors (Lipinski definition) is 6. The van der Waals surface area contributed by atoms with Crippen LogP contribution in [0.5, 0.6) is 0 Å². The summed E-state index contributed by atoms with van der Waals surface area (Å²) in [5.41, 5.74) is 3.61. The van der Waals surface area contributed by atoms with E-state index in [0.717, 1.165) is 22.9 Å². The van der Waals surface area contributed by atoms with Gasteiger partial charge in [0.2, 0.25) is 5.56 Å². The minimum Gasteiger partial charge on any atom is -0.351 e. The Labute approximate surface area is 215 Å². The Hall–Kier alpha value is -3.30. The Kier molecular flexibility index (Phi) is 8.81. The van der Waals surface area contributed by atoms with Crippen molar-refractivity contribution < 1.29 is 13.2 Å². The highest BCUT2D eigenvalue weighted by atomic mass is 35.5. The molecule has 0 fully saturated rings. The van der Waals surface area contributed by atoms with Gasteiger partial charge in [0.25, 0.3) is 5.91 Å². The van der Waals surface area contributed by atoms with Gasteiger partial charge in [0.15, 0.2) is 0 Å². The number of amides is 1. The molecule has 0 saturated carbocycles. The Balaban J connectivity index is 1.92. The second-order valence-electron chi connectivity index (χ2n) is 8.83. The monoisotopic (exact) mass is 529 g/mol. The average Bonchev–Trinajstić information content (AvgIpc) is 2.82. The molecule has 2 aromatic carbocycles. The summed E-state index contributed by atoms with van der Waals surface area (Å²) in [6, 6.07) is 14.8. The maximum absolute atomic E-state index is 12.4. The predicted molar refractivity (Wildman–Crippen MR) is 141 cm³/mol. The normalized spacial score (nSPS) is 13.1. The van der Waals surface area contributed by atoms with E-state index in [4.69, 9.17) is 11.6 Å². The number of sulfone groups is 1. The van der Waals surface area contributed by atoms with Crippen LogP contribution >= 0.6 is 11.6 Å². The fraction of sp³-hybridized carbons (Fsp3) is 0.308. The van der Waals surface area contributed by atoms with Gasteiger partial charge in [-0.15, -0.1) is 0 Å². The first kappa shape index (κ1) is 27.3. The first-order valence-electron chi connectivity index (χ1n) is 11.3. The summed E-state index contributed by atoms with van der Waals surface area (Å²) in [6.45, 7) is 1.96. The van der Waals surface area contributed by atoms with E-state index in [2.05, 4.69) is 10.5 Å². The van der Waals surface area contributed by atoms with E-state index in [0.29, 0.717) is 22.6 Å². The average molecular weight is 530 g/mol. The van der Waals surface area contributed by atoms with E-state index >= 15 is 0 Å². The summed E-state index contributed by atoms with van der Waals surface area (Å²) in [6.07, 6.45) is 3.07. The summed E-state index contributed by atoms with van der Waals surface area (Å²) in [4.78, 5) is 36.1. The molecule has 0 spiro atoms. The van der Waals surface area contributed by atoms with Crippen LogP contribution in [0, 0.1) is 11.8 Å². The topological polar surface area (TPSA) is 115 Å². The van der Waals surface area contributed by atoms with Gasteiger partial charge in [-0.25, -0.2) is 8.42 Å². The highest BCUT2D eigenvalue weighted by Gasteiger charge is 2.24. The van der Waals surface area contributed by atoms with Gasteiger partial charge in [0, 0.05) is 48.6 Å². The number of carbonyl (C=O) groups excluding carboxylic acids is 1. The maximum Gasteiger partial charge on any atom is 0.251 e. The van der Waals surface area contributed by atoms with Crippen molar-refractivity contribution in [1.82, 2.24) is 9.88 Å². The van der Waals surface area contributed by atoms with Crippen LogP contribution < -0.4 is 10.9 Å². The number of aryl methyl sites for hydroxylation is 2. The molecule has 3 aromatic rings. The first-order valence-corrected chi connectivity index (χ1v) is 13.7. The SMILES string of the molecule is Cc1cc(Cl)ccc1C(CC(N=O)c1ccc(=O)n(C)c1)c1ccc(C(=O)NCCS(C)(=O)=O)cc1. The lowest BCUT2D eigenvalue weighted by atomic mass is 9.82. The summed E-state index contributed by atoms with van der Waals surface area (Å²) in [5, 5.41) is 6.57. The van der Waals surface area contributed by atoms with Gasteiger partial charge < -0.3 is 9.88 Å². The lowest BCUT2D eigenvalue weighted by molar-refractivity contribution is 0.0956. The Bertz CT molecular complexity index is 1420. The van der Waals surface area contributed by atoms with Crippen LogP contribution in [0.2, 0.25) is 5.02 Å². The molecule has 8 nitrogen and oxygen atoms in total. The summed E-state index contributed by atoms with van der Waals surface area (Å²) >= 11 is 6.17. The van der Waals surface area contributed by atoms with Gasteiger partial charge >= 0.3 is 0 Å². The predicted octanol–water partition coefficient (Wildman–Crippen LogP) is 4.15. The molecule has 0 aliphatic carbocycles. The highest BCUT2D eigenvalue weighted by Crippen LogP contribution is 2.37. The van der Waals surface area contributed by atoms with Crippen molar-refractivity contribution >= 4 is 27.3 Å². The molecule has 0 bridgehead atoms. The summed E-state index contributed by atoms with van der Waals surface area (Å²) < 4.78 is 24.0. The number of carbonyl (C=O) groups is 1. The molecule has 0 aliphatic heterocycles. The lowest BCUT2D eigenvalue weighted by Crippen LogP contribution is -2.28. The van der Waals surface area contributed by atoms with Crippen LogP contribution in [-0.4, -0.2) is 37.4 Å². The zero-order chi connectivity index (χ0) is 26.5. The molecule has 1 N–H and O–H groups in total. The van der Waals surface area contributed by atoms with E-state index in [1.54, 1.807) is 37.5 Å². The van der Waals surface area contributed by atoms with Gasteiger partial charge in [-0.1, -0.05) is 35.0 Å². The van der Waals surface area contributed by atoms with E-state index in [9.17, 15) is 22.9 Å². The Morgan fingerprint density at radius 2 is 1.75 bits per heavy atom. The molecule has 36 heavy (non-hydrogen) atoms. The van der Waals surface area contributed by atoms with Crippen molar-refractivity contribution in [2.45, 2.75) is 25.3 Å². The minimum absolute atomic E-state index is 0.0261. The Morgan fingerprint density at radius 3 is 2.33 bits per heavy atom. The van der Waals surface area contributed by atoms with Crippen molar-refractivity contribution in [2.24, 2.45) is 12.2 Å². The highest BCUT2D eigenvalue weighted by molar-refractivity contribution is 7.90. The number of nitrogens with one attached hydrogen (secondary N) is 1. The third kappa shape index (κ3) is 7.11. The molecule has 10 heteroatoms. The molecule has 1 amide bonds. The number of halogens is 1. The summed E-state index contributed by atoms with van der Waals surface area (Å²) in [5.74, 6) is -0.758. The van der Waals surface area contributed by atoms with E-state index in [-0.39, 0.29) is 29.7 Å². The van der Waals surface area contributed by atoms with Crippen molar-refractivity contribution in [3.05, 3.63) is 109 Å². The number of hydrogen-bond donors (Lipinski definition) is 1. The third-order valence-electron chi connectivity index (χ3n) is 6.02. The van der Waals surface area contributed by atoms with Gasteiger partial charge in [0.05, 0.1) is 5.75 Å². The zero-order valence-electron chi connectivity index (χ0n) is 20.3. The van der Waals surface area contributed by atoms with Crippen LogP contribution in [0.1, 0.15) is 51.0 Å². The second kappa shape index (κ2) is 11.6. The molecule has 1 aromatic heterocycles. The number of nitrogens with zero attached hydrogens (tertiary/aromatic N) is 2. The molecule has 3 rings (SSSR count). The van der Waals surface area contributed by atoms with Gasteiger partial charge in [0.1, 0.15) is 15.9 Å². The molecule has 0 radical (unpaired) electrons. The maximum atomic E-state index is 12.4. The molecule has 2 atom stereocenters. The first-order chi connectivity index (χ1) is 17.0. The number of benzene rings is 2. The van der Waals surface area contributed by atoms with Crippen molar-refractivity contribution in [3.8, 4) is 0 Å². The number of rotatable bonds is 10. The van der Waals surface area contributed by atoms with Gasteiger partial charge in [-0.05, 0) is 65.9 Å². The van der Waals surface area contributed by atoms with Crippen LogP contribution in [0.4, 0.5) is 0 Å². The van der Waals surface area contributed by atoms with Crippen LogP contribution in [-0.2, 0) is 16.9 Å². The van der Waals surface area contributed by atoms with Gasteiger partial charge in [-0.2, -0.15) is 4.91 Å². The summed E-state index contributed by atoms with van der Waals surface area (Å²) in [7, 11) is -1.56. The fourth-order valence-corrected chi connectivity index (χ4v) is 4.77.